The number of anilines is 1. The van der Waals surface area contributed by atoms with E-state index in [1.807, 2.05) is 13.0 Å². The summed E-state index contributed by atoms with van der Waals surface area (Å²) in [6, 6.07) is 7.67. The first-order valence-corrected chi connectivity index (χ1v) is 12.5. The predicted octanol–water partition coefficient (Wildman–Crippen LogP) is 3.59. The summed E-state index contributed by atoms with van der Waals surface area (Å²) in [6.45, 7) is 12.2. The van der Waals surface area contributed by atoms with Gasteiger partial charge in [-0.05, 0) is 57.6 Å². The molecule has 0 spiro atoms. The number of ether oxygens (including phenoxy) is 2. The topological polar surface area (TPSA) is 75.6 Å². The van der Waals surface area contributed by atoms with Gasteiger partial charge in [0.25, 0.3) is 0 Å². The second-order valence-corrected chi connectivity index (χ2v) is 9.55. The molecule has 1 unspecified atom stereocenters. The molecule has 1 aromatic carbocycles. The number of likely N-dealkylation sites (N-methyl/N-ethyl adjacent to an activating group) is 1. The molecule has 36 heavy (non-hydrogen) atoms. The van der Waals surface area contributed by atoms with Crippen molar-refractivity contribution in [3.8, 4) is 23.0 Å². The van der Waals surface area contributed by atoms with Crippen LogP contribution >= 0.6 is 0 Å². The molecular formula is C27H33FN6O2. The lowest BCUT2D eigenvalue weighted by atomic mass is 10.0. The van der Waals surface area contributed by atoms with Gasteiger partial charge in [0, 0.05) is 31.7 Å². The average molecular weight is 493 g/mol. The highest BCUT2D eigenvalue weighted by Crippen LogP contribution is 2.37. The van der Waals surface area contributed by atoms with E-state index in [0.29, 0.717) is 41.3 Å². The molecule has 2 aliphatic rings. The minimum Gasteiger partial charge on any atom is -0.489 e. The number of nitrogens with one attached hydrogen (secondary N) is 1. The van der Waals surface area contributed by atoms with Crippen LogP contribution in [0.4, 0.5) is 10.2 Å². The van der Waals surface area contributed by atoms with Crippen LogP contribution < -0.4 is 19.7 Å². The first-order chi connectivity index (χ1) is 17.5. The molecule has 2 aliphatic heterocycles. The quantitative estimate of drug-likeness (QED) is 0.479. The molecule has 0 bridgehead atoms. The Labute approximate surface area is 211 Å². The Morgan fingerprint density at radius 3 is 2.81 bits per heavy atom. The number of hydrogen-bond acceptors (Lipinski definition) is 8. The van der Waals surface area contributed by atoms with Crippen molar-refractivity contribution in [1.29, 1.82) is 0 Å². The van der Waals surface area contributed by atoms with Gasteiger partial charge in [0.1, 0.15) is 30.6 Å². The summed E-state index contributed by atoms with van der Waals surface area (Å²) < 4.78 is 27.0. The van der Waals surface area contributed by atoms with E-state index in [1.165, 1.54) is 6.07 Å². The zero-order chi connectivity index (χ0) is 25.2. The summed E-state index contributed by atoms with van der Waals surface area (Å²) in [5, 5.41) is 4.25. The van der Waals surface area contributed by atoms with Crippen molar-refractivity contribution in [2.24, 2.45) is 0 Å². The van der Waals surface area contributed by atoms with Crippen LogP contribution in [-0.2, 0) is 0 Å². The smallest absolute Gasteiger partial charge is 0.320 e. The van der Waals surface area contributed by atoms with Gasteiger partial charge in [-0.3, -0.25) is 4.90 Å². The van der Waals surface area contributed by atoms with Crippen LogP contribution in [0.25, 0.3) is 22.3 Å². The largest absolute Gasteiger partial charge is 0.489 e. The minimum absolute atomic E-state index is 0.243. The maximum atomic E-state index is 15.1. The molecule has 190 valence electrons. The highest BCUT2D eigenvalue weighted by atomic mass is 19.1. The lowest BCUT2D eigenvalue weighted by Crippen LogP contribution is -2.50. The molecule has 0 aliphatic carbocycles. The number of pyridine rings is 1. The summed E-state index contributed by atoms with van der Waals surface area (Å²) in [6.07, 6.45) is 2.72. The standard InChI is InChI=1S/C27H33FN6O2/c1-5-13-35-22-8-6-7-21(28)23(22)24-17(2)14-20-25(30-24)31-27(36-16-19-9-11-33(19)4)32-26(20)34-12-10-29-15-18(34)3/h5-8,14,18-19,29H,1,9-13,15-16H2,2-4H3/t18-,19?/m1/s1. The fraction of sp³-hybridized carbons (Fsp3) is 0.444. The fourth-order valence-electron chi connectivity index (χ4n) is 4.77. The van der Waals surface area contributed by atoms with Crippen LogP contribution in [0.3, 0.4) is 0 Å². The van der Waals surface area contributed by atoms with Gasteiger partial charge in [-0.2, -0.15) is 9.97 Å². The van der Waals surface area contributed by atoms with Gasteiger partial charge in [0.2, 0.25) is 0 Å². The van der Waals surface area contributed by atoms with E-state index in [4.69, 9.17) is 19.4 Å². The molecule has 1 N–H and O–H groups in total. The van der Waals surface area contributed by atoms with Crippen molar-refractivity contribution >= 4 is 16.9 Å². The van der Waals surface area contributed by atoms with Crippen LogP contribution in [0.15, 0.2) is 36.9 Å². The number of rotatable bonds is 8. The summed E-state index contributed by atoms with van der Waals surface area (Å²) in [5.74, 6) is 0.810. The van der Waals surface area contributed by atoms with Gasteiger partial charge < -0.3 is 19.7 Å². The van der Waals surface area contributed by atoms with E-state index in [0.717, 1.165) is 49.4 Å². The predicted molar refractivity (Wildman–Crippen MR) is 139 cm³/mol. The molecule has 0 radical (unpaired) electrons. The second kappa shape index (κ2) is 10.4. The van der Waals surface area contributed by atoms with Gasteiger partial charge in [0.05, 0.1) is 16.6 Å². The lowest BCUT2D eigenvalue weighted by Gasteiger charge is -2.37. The molecule has 8 nitrogen and oxygen atoms in total. The average Bonchev–Trinajstić information content (AvgIpc) is 2.86. The van der Waals surface area contributed by atoms with E-state index >= 15 is 4.39 Å². The molecule has 9 heteroatoms. The molecule has 2 fully saturated rings. The molecular weight excluding hydrogens is 459 g/mol. The van der Waals surface area contributed by atoms with E-state index in [1.54, 1.807) is 18.2 Å². The SMILES string of the molecule is C=CCOc1cccc(F)c1-c1nc2nc(OCC3CCN3C)nc(N3CCNC[C@H]3C)c2cc1C. The highest BCUT2D eigenvalue weighted by Gasteiger charge is 2.27. The normalized spacial score (nSPS) is 20.3. The fourth-order valence-corrected chi connectivity index (χ4v) is 4.77. The Balaban J connectivity index is 1.62. The minimum atomic E-state index is -0.402. The van der Waals surface area contributed by atoms with Crippen LogP contribution in [0.2, 0.25) is 0 Å². The third kappa shape index (κ3) is 4.73. The van der Waals surface area contributed by atoms with Crippen molar-refractivity contribution in [1.82, 2.24) is 25.2 Å². The van der Waals surface area contributed by atoms with Gasteiger partial charge in [-0.15, -0.1) is 0 Å². The molecule has 5 rings (SSSR count). The van der Waals surface area contributed by atoms with E-state index < -0.39 is 5.82 Å². The van der Waals surface area contributed by atoms with E-state index in [9.17, 15) is 0 Å². The Bertz CT molecular complexity index is 1270. The maximum Gasteiger partial charge on any atom is 0.320 e. The van der Waals surface area contributed by atoms with Gasteiger partial charge in [0.15, 0.2) is 5.65 Å². The molecule has 2 saturated heterocycles. The first-order valence-electron chi connectivity index (χ1n) is 12.5. The van der Waals surface area contributed by atoms with Crippen LogP contribution in [0.1, 0.15) is 18.9 Å². The maximum absolute atomic E-state index is 15.1. The highest BCUT2D eigenvalue weighted by molar-refractivity contribution is 5.91. The van der Waals surface area contributed by atoms with E-state index in [-0.39, 0.29) is 12.6 Å². The molecule has 2 aromatic heterocycles. The Kier molecular flexibility index (Phi) is 7.02. The van der Waals surface area contributed by atoms with E-state index in [2.05, 4.69) is 40.7 Å². The Morgan fingerprint density at radius 2 is 2.08 bits per heavy atom. The summed E-state index contributed by atoms with van der Waals surface area (Å²) in [4.78, 5) is 18.9. The number of benzene rings is 1. The summed E-state index contributed by atoms with van der Waals surface area (Å²) >= 11 is 0. The van der Waals surface area contributed by atoms with Crippen molar-refractivity contribution in [2.75, 3.05) is 51.3 Å². The van der Waals surface area contributed by atoms with Crippen LogP contribution in [0.5, 0.6) is 11.8 Å². The second-order valence-electron chi connectivity index (χ2n) is 9.55. The number of hydrogen-bond donors (Lipinski definition) is 1. The molecule has 0 saturated carbocycles. The number of likely N-dealkylation sites (tertiary alicyclic amines) is 1. The van der Waals surface area contributed by atoms with Gasteiger partial charge in [-0.1, -0.05) is 18.7 Å². The third-order valence-electron chi connectivity index (χ3n) is 7.02. The van der Waals surface area contributed by atoms with Crippen molar-refractivity contribution in [3.05, 3.63) is 48.3 Å². The van der Waals surface area contributed by atoms with Crippen LogP contribution in [0, 0.1) is 12.7 Å². The lowest BCUT2D eigenvalue weighted by molar-refractivity contribution is 0.0732. The number of piperazine rings is 1. The molecule has 3 aromatic rings. The summed E-state index contributed by atoms with van der Waals surface area (Å²) in [7, 11) is 2.09. The van der Waals surface area contributed by atoms with Gasteiger partial charge >= 0.3 is 6.01 Å². The number of aryl methyl sites for hydroxylation is 1. The third-order valence-corrected chi connectivity index (χ3v) is 7.02. The van der Waals surface area contributed by atoms with Crippen molar-refractivity contribution < 1.29 is 13.9 Å². The molecule has 4 heterocycles. The molecule has 2 atom stereocenters. The first kappa shape index (κ1) is 24.4. The monoisotopic (exact) mass is 492 g/mol. The van der Waals surface area contributed by atoms with Crippen molar-refractivity contribution in [3.63, 3.8) is 0 Å². The Morgan fingerprint density at radius 1 is 1.22 bits per heavy atom. The summed E-state index contributed by atoms with van der Waals surface area (Å²) in [5.41, 5.74) is 2.09. The van der Waals surface area contributed by atoms with Gasteiger partial charge in [-0.25, -0.2) is 9.37 Å². The Hall–Kier alpha value is -3.30. The zero-order valence-electron chi connectivity index (χ0n) is 21.1. The number of aromatic nitrogens is 3. The zero-order valence-corrected chi connectivity index (χ0v) is 21.1. The number of fused-ring (bicyclic) bond motifs is 1. The van der Waals surface area contributed by atoms with Crippen LogP contribution in [-0.4, -0.2) is 78.4 Å². The van der Waals surface area contributed by atoms with Crippen molar-refractivity contribution in [2.45, 2.75) is 32.4 Å². The number of nitrogens with zero attached hydrogens (tertiary/aromatic N) is 5. The number of halogens is 1. The molecule has 0 amide bonds.